The molecule has 0 spiro atoms. The molecule has 0 amide bonds. The van der Waals surface area contributed by atoms with E-state index in [1.807, 2.05) is 30.6 Å². The van der Waals surface area contributed by atoms with Crippen LogP contribution in [0, 0.1) is 0 Å². The zero-order valence-corrected chi connectivity index (χ0v) is 19.2. The zero-order valence-electron chi connectivity index (χ0n) is 17.6. The average molecular weight is 441 g/mol. The summed E-state index contributed by atoms with van der Waals surface area (Å²) in [6.45, 7) is 3.83. The minimum atomic E-state index is 0. The maximum Gasteiger partial charge on any atom is 0.252 e. The number of unbranched alkanes of at least 4 members (excludes halogenated alkanes) is 12. The number of allylic oxidation sites excluding steroid dienone is 2. The number of hydrogen-bond donors (Lipinski definition) is 0. The van der Waals surface area contributed by atoms with Crippen LogP contribution in [0.15, 0.2) is 42.7 Å². The molecule has 0 unspecified atom stereocenters. The molecule has 0 fully saturated rings. The second-order valence-electron chi connectivity index (χ2n) is 7.36. The Morgan fingerprint density at radius 2 is 1.19 bits per heavy atom. The second kappa shape index (κ2) is 21.6. The van der Waals surface area contributed by atoms with Gasteiger partial charge in [-0.15, -0.1) is 0 Å². The van der Waals surface area contributed by atoms with Crippen LogP contribution in [0.5, 0.6) is 0 Å². The summed E-state index contributed by atoms with van der Waals surface area (Å²) in [5, 5.41) is 0. The van der Waals surface area contributed by atoms with Crippen molar-refractivity contribution in [3.05, 3.63) is 42.7 Å². The van der Waals surface area contributed by atoms with Gasteiger partial charge in [-0.25, -0.2) is 0 Å². The number of rotatable bonds is 18. The SMILES string of the molecule is CCCCCCCC/C=C\CCCCCCCCOC[n+]1ccccc1.[Br-]. The maximum atomic E-state index is 5.69. The summed E-state index contributed by atoms with van der Waals surface area (Å²) < 4.78 is 7.76. The third-order valence-electron chi connectivity index (χ3n) is 4.82. The molecule has 27 heavy (non-hydrogen) atoms. The Morgan fingerprint density at radius 3 is 1.78 bits per heavy atom. The van der Waals surface area contributed by atoms with Crippen molar-refractivity contribution in [2.45, 2.75) is 104 Å². The molecule has 1 aromatic heterocycles. The van der Waals surface area contributed by atoms with E-state index in [1.165, 1.54) is 89.9 Å². The third-order valence-corrected chi connectivity index (χ3v) is 4.82. The Labute approximate surface area is 179 Å². The van der Waals surface area contributed by atoms with Gasteiger partial charge in [0, 0.05) is 12.1 Å². The fourth-order valence-corrected chi connectivity index (χ4v) is 3.14. The number of pyridine rings is 1. The Bertz CT molecular complexity index is 422. The molecule has 0 bridgehead atoms. The van der Waals surface area contributed by atoms with Crippen LogP contribution in [-0.4, -0.2) is 6.61 Å². The van der Waals surface area contributed by atoms with Crippen molar-refractivity contribution in [1.82, 2.24) is 0 Å². The van der Waals surface area contributed by atoms with Gasteiger partial charge in [-0.1, -0.05) is 82.9 Å². The van der Waals surface area contributed by atoms with Crippen LogP contribution >= 0.6 is 0 Å². The van der Waals surface area contributed by atoms with E-state index in [1.54, 1.807) is 0 Å². The summed E-state index contributed by atoms with van der Waals surface area (Å²) in [6, 6.07) is 6.10. The smallest absolute Gasteiger partial charge is 0.252 e. The first-order valence-corrected chi connectivity index (χ1v) is 11.1. The number of halogens is 1. The predicted molar refractivity (Wildman–Crippen MR) is 112 cm³/mol. The van der Waals surface area contributed by atoms with Crippen molar-refractivity contribution >= 4 is 0 Å². The van der Waals surface area contributed by atoms with Gasteiger partial charge in [0.2, 0.25) is 0 Å². The van der Waals surface area contributed by atoms with E-state index in [-0.39, 0.29) is 17.0 Å². The molecule has 0 saturated carbocycles. The molecule has 0 aromatic carbocycles. The average Bonchev–Trinajstić information content (AvgIpc) is 2.68. The summed E-state index contributed by atoms with van der Waals surface area (Å²) >= 11 is 0. The molecule has 0 atom stereocenters. The van der Waals surface area contributed by atoms with Crippen LogP contribution in [0.1, 0.15) is 96.8 Å². The van der Waals surface area contributed by atoms with Crippen molar-refractivity contribution in [2.75, 3.05) is 6.61 Å². The fourth-order valence-electron chi connectivity index (χ4n) is 3.14. The van der Waals surface area contributed by atoms with Crippen molar-refractivity contribution < 1.29 is 26.3 Å². The Kier molecular flexibility index (Phi) is 21.1. The van der Waals surface area contributed by atoms with Crippen LogP contribution in [0.3, 0.4) is 0 Å². The van der Waals surface area contributed by atoms with Crippen molar-refractivity contribution in [3.63, 3.8) is 0 Å². The van der Waals surface area contributed by atoms with E-state index < -0.39 is 0 Å². The van der Waals surface area contributed by atoms with Gasteiger partial charge in [-0.2, -0.15) is 4.57 Å². The molecule has 156 valence electrons. The first-order chi connectivity index (χ1) is 12.9. The molecule has 0 radical (unpaired) electrons. The third kappa shape index (κ3) is 18.5. The van der Waals surface area contributed by atoms with Gasteiger partial charge in [-0.05, 0) is 32.1 Å². The molecule has 1 aromatic rings. The largest absolute Gasteiger partial charge is 1.00 e. The lowest BCUT2D eigenvalue weighted by Crippen LogP contribution is -3.00. The van der Waals surface area contributed by atoms with Gasteiger partial charge in [0.05, 0.1) is 6.61 Å². The highest BCUT2D eigenvalue weighted by Gasteiger charge is 1.97. The molecule has 3 heteroatoms. The quantitative estimate of drug-likeness (QED) is 0.191. The molecular formula is C24H42BrNO. The van der Waals surface area contributed by atoms with Crippen molar-refractivity contribution in [3.8, 4) is 0 Å². The second-order valence-corrected chi connectivity index (χ2v) is 7.36. The standard InChI is InChI=1S/C24H42NO.BrH/c1-2-3-4-5-6-7-8-9-10-11-12-13-14-15-16-20-23-26-24-25-21-18-17-19-22-25;/h9-10,17-19,21-22H,2-8,11-16,20,23-24H2,1H3;1H/q+1;/p-1/b10-9-;. The molecular weight excluding hydrogens is 398 g/mol. The van der Waals surface area contributed by atoms with E-state index in [4.69, 9.17) is 4.74 Å². The van der Waals surface area contributed by atoms with Crippen molar-refractivity contribution in [2.24, 2.45) is 0 Å². The summed E-state index contributed by atoms with van der Waals surface area (Å²) in [5.74, 6) is 0. The maximum absolute atomic E-state index is 5.69. The normalized spacial score (nSPS) is 11.0. The summed E-state index contributed by atoms with van der Waals surface area (Å²) in [4.78, 5) is 0. The van der Waals surface area contributed by atoms with Crippen LogP contribution in [0.25, 0.3) is 0 Å². The highest BCUT2D eigenvalue weighted by atomic mass is 79.9. The monoisotopic (exact) mass is 439 g/mol. The van der Waals surface area contributed by atoms with Crippen LogP contribution in [0.4, 0.5) is 0 Å². The number of ether oxygens (including phenoxy) is 1. The van der Waals surface area contributed by atoms with Gasteiger partial charge in [0.25, 0.3) is 6.73 Å². The Balaban J connectivity index is 0.00000676. The molecule has 1 heterocycles. The first-order valence-electron chi connectivity index (χ1n) is 11.1. The minimum Gasteiger partial charge on any atom is -1.00 e. The lowest BCUT2D eigenvalue weighted by molar-refractivity contribution is -0.732. The van der Waals surface area contributed by atoms with Gasteiger partial charge in [0.15, 0.2) is 12.4 Å². The molecule has 1 rings (SSSR count). The Hall–Kier alpha value is -0.670. The highest BCUT2D eigenvalue weighted by molar-refractivity contribution is 4.83. The number of hydrogen-bond acceptors (Lipinski definition) is 1. The highest BCUT2D eigenvalue weighted by Crippen LogP contribution is 2.09. The van der Waals surface area contributed by atoms with Crippen LogP contribution in [0.2, 0.25) is 0 Å². The summed E-state index contributed by atoms with van der Waals surface area (Å²) in [5.41, 5.74) is 0. The van der Waals surface area contributed by atoms with Gasteiger partial charge in [-0.3, -0.25) is 0 Å². The topological polar surface area (TPSA) is 13.1 Å². The van der Waals surface area contributed by atoms with E-state index in [0.29, 0.717) is 6.73 Å². The van der Waals surface area contributed by atoms with Crippen molar-refractivity contribution in [1.29, 1.82) is 0 Å². The van der Waals surface area contributed by atoms with Gasteiger partial charge in [0.1, 0.15) is 0 Å². The van der Waals surface area contributed by atoms with E-state index in [9.17, 15) is 0 Å². The van der Waals surface area contributed by atoms with E-state index in [2.05, 4.69) is 23.6 Å². The van der Waals surface area contributed by atoms with Crippen LogP contribution in [-0.2, 0) is 11.5 Å². The number of aromatic nitrogens is 1. The molecule has 0 aliphatic carbocycles. The lowest BCUT2D eigenvalue weighted by atomic mass is 10.1. The number of nitrogens with zero attached hydrogens (tertiary/aromatic N) is 1. The molecule has 0 aliphatic heterocycles. The predicted octanol–water partition coefficient (Wildman–Crippen LogP) is 3.99. The summed E-state index contributed by atoms with van der Waals surface area (Å²) in [7, 11) is 0. The van der Waals surface area contributed by atoms with Crippen LogP contribution < -0.4 is 21.5 Å². The summed E-state index contributed by atoms with van der Waals surface area (Å²) in [6.07, 6.45) is 27.8. The van der Waals surface area contributed by atoms with E-state index in [0.717, 1.165) is 6.61 Å². The lowest BCUT2D eigenvalue weighted by Gasteiger charge is -2.02. The molecule has 0 N–H and O–H groups in total. The minimum absolute atomic E-state index is 0. The van der Waals surface area contributed by atoms with Gasteiger partial charge >= 0.3 is 0 Å². The van der Waals surface area contributed by atoms with E-state index >= 15 is 0 Å². The van der Waals surface area contributed by atoms with Gasteiger partial charge < -0.3 is 21.7 Å². The Morgan fingerprint density at radius 1 is 0.667 bits per heavy atom. The molecule has 0 saturated heterocycles. The first kappa shape index (κ1) is 26.3. The molecule has 2 nitrogen and oxygen atoms in total. The molecule has 0 aliphatic rings. The zero-order chi connectivity index (χ0) is 18.5. The fraction of sp³-hybridized carbons (Fsp3) is 0.708.